The summed E-state index contributed by atoms with van der Waals surface area (Å²) in [5, 5.41) is 0. The molecule has 0 spiro atoms. The summed E-state index contributed by atoms with van der Waals surface area (Å²) in [4.78, 5) is 0. The molecular weight excluding hydrogens is 190 g/mol. The van der Waals surface area contributed by atoms with Crippen molar-refractivity contribution < 1.29 is 101 Å². The Hall–Kier alpha value is 2.86. The Bertz CT molecular complexity index is 104. The maximum absolute atomic E-state index is 8.74. The predicted molar refractivity (Wildman–Crippen MR) is 26.8 cm³/mol. The van der Waals surface area contributed by atoms with Crippen molar-refractivity contribution in [1.29, 1.82) is 0 Å². The summed E-state index contributed by atoms with van der Waals surface area (Å²) in [6.45, 7) is 0. The van der Waals surface area contributed by atoms with Crippen LogP contribution in [0.4, 0.5) is 0 Å². The molecule has 0 aliphatic carbocycles. The minimum Gasteiger partial charge on any atom is -1.00 e. The molecule has 8 heavy (non-hydrogen) atoms. The molecule has 0 fully saturated rings. The van der Waals surface area contributed by atoms with Crippen LogP contribution in [-0.2, 0) is 10.4 Å². The van der Waals surface area contributed by atoms with Gasteiger partial charge in [0.1, 0.15) is 0 Å². The summed E-state index contributed by atoms with van der Waals surface area (Å²) in [6, 6.07) is 0. The quantitative estimate of drug-likeness (QED) is 0.298. The first-order valence-electron chi connectivity index (χ1n) is 0.698. The molecule has 2 N–H and O–H groups in total. The number of rotatable bonds is 0. The van der Waals surface area contributed by atoms with Crippen LogP contribution in [0.1, 0.15) is 2.85 Å². The molecule has 0 amide bonds. The van der Waals surface area contributed by atoms with Crippen molar-refractivity contribution in [2.45, 2.75) is 0 Å². The zero-order valence-corrected chi connectivity index (χ0v) is 11.6. The third kappa shape index (κ3) is 67.0. The van der Waals surface area contributed by atoms with E-state index in [2.05, 4.69) is 0 Å². The van der Waals surface area contributed by atoms with E-state index in [1.165, 1.54) is 0 Å². The summed E-state index contributed by atoms with van der Waals surface area (Å²) in [5.41, 5.74) is 0. The predicted octanol–water partition coefficient (Wildman–Crippen LogP) is -6.31. The van der Waals surface area contributed by atoms with E-state index in [1.54, 1.807) is 0 Å². The van der Waals surface area contributed by atoms with Crippen molar-refractivity contribution in [2.24, 2.45) is 0 Å². The fourth-order valence-electron chi connectivity index (χ4n) is 0. The molecule has 0 saturated carbocycles. The van der Waals surface area contributed by atoms with Crippen molar-refractivity contribution in [3.05, 3.63) is 0 Å². The molecule has 0 atom stereocenters. The van der Waals surface area contributed by atoms with Crippen molar-refractivity contribution in [3.63, 3.8) is 0 Å². The second-order valence-corrected chi connectivity index (χ2v) is 1.34. The third-order valence-electron chi connectivity index (χ3n) is 0. The third-order valence-corrected chi connectivity index (χ3v) is 0. The molecule has 0 rings (SSSR count). The minimum absolute atomic E-state index is 0. The van der Waals surface area contributed by atoms with Crippen LogP contribution in [0.2, 0.25) is 0 Å². The summed E-state index contributed by atoms with van der Waals surface area (Å²) >= 11 is 0. The van der Waals surface area contributed by atoms with Crippen LogP contribution in [0.3, 0.4) is 0 Å². The van der Waals surface area contributed by atoms with Gasteiger partial charge in [-0.3, -0.25) is 9.11 Å². The van der Waals surface area contributed by atoms with Gasteiger partial charge in [0.25, 0.3) is 0 Å². The second-order valence-electron chi connectivity index (χ2n) is 0.448. The molecule has 0 heterocycles. The van der Waals surface area contributed by atoms with Crippen LogP contribution in [0.25, 0.3) is 0 Å². The number of hydrogen-bond acceptors (Lipinski definition) is 2. The van der Waals surface area contributed by atoms with Gasteiger partial charge in [0.2, 0.25) is 0 Å². The first kappa shape index (κ1) is 22.4. The molecule has 44 valence electrons. The van der Waals surface area contributed by atoms with E-state index >= 15 is 0 Å². The Balaban J connectivity index is -0.00000000800. The van der Waals surface area contributed by atoms with Crippen LogP contribution in [-0.4, -0.2) is 17.5 Å². The van der Waals surface area contributed by atoms with Gasteiger partial charge in [-0.1, -0.05) is 0 Å². The molecule has 0 saturated heterocycles. The van der Waals surface area contributed by atoms with Gasteiger partial charge >= 0.3 is 91.3 Å². The maximum Gasteiger partial charge on any atom is 1.00 e. The van der Waals surface area contributed by atoms with Gasteiger partial charge in [-0.15, -0.1) is 0 Å². The summed E-state index contributed by atoms with van der Waals surface area (Å²) in [7, 11) is -4.67. The molecular formula is H6KNaO4S2. The molecule has 0 radical (unpaired) electrons. The van der Waals surface area contributed by atoms with Gasteiger partial charge in [0.05, 0.1) is 0 Å². The first-order valence-corrected chi connectivity index (χ1v) is 2.10. The summed E-state index contributed by atoms with van der Waals surface area (Å²) in [5.74, 6) is 0. The largest absolute Gasteiger partial charge is 1.00 e. The molecule has 8 heteroatoms. The average molecular weight is 196 g/mol. The van der Waals surface area contributed by atoms with E-state index in [-0.39, 0.29) is 97.3 Å². The van der Waals surface area contributed by atoms with Crippen LogP contribution in [0.15, 0.2) is 0 Å². The first-order chi connectivity index (χ1) is 2.00. The van der Waals surface area contributed by atoms with Gasteiger partial charge in [-0.2, -0.15) is 21.9 Å². The van der Waals surface area contributed by atoms with E-state index in [1.807, 2.05) is 0 Å². The van der Waals surface area contributed by atoms with Crippen molar-refractivity contribution in [1.82, 2.24) is 0 Å². The zero-order valence-electron chi connectivity index (χ0n) is 6.62. The van der Waals surface area contributed by atoms with E-state index in [0.717, 1.165) is 0 Å². The molecule has 0 aromatic heterocycles. The smallest absolute Gasteiger partial charge is 1.00 e. The standard InChI is InChI=1S/K.Na.H2O4S.H2S.2H/c;;1-5(2,3)4;;;/h;;(H2,1,2,3,4);1H2;;/q2*+1;;;2*-1. The Morgan fingerprint density at radius 3 is 1.25 bits per heavy atom. The van der Waals surface area contributed by atoms with Crippen LogP contribution in [0.5, 0.6) is 0 Å². The Morgan fingerprint density at radius 1 is 1.25 bits per heavy atom. The summed E-state index contributed by atoms with van der Waals surface area (Å²) in [6.07, 6.45) is 0. The molecule has 0 aliphatic rings. The second kappa shape index (κ2) is 9.86. The molecule has 0 unspecified atom stereocenters. The van der Waals surface area contributed by atoms with Gasteiger partial charge in [0.15, 0.2) is 0 Å². The fraction of sp³-hybridized carbons (Fsp3) is 0. The Labute approximate surface area is 123 Å². The number of hydrogen-bond donors (Lipinski definition) is 2. The SMILES string of the molecule is O=S(=O)(O)O.S.[H-].[H-].[K+].[Na+]. The van der Waals surface area contributed by atoms with Crippen molar-refractivity contribution in [2.75, 3.05) is 0 Å². The zero-order chi connectivity index (χ0) is 4.50. The Kier molecular flexibility index (Phi) is 27.6. The van der Waals surface area contributed by atoms with E-state index in [9.17, 15) is 0 Å². The van der Waals surface area contributed by atoms with Crippen LogP contribution < -0.4 is 80.9 Å². The van der Waals surface area contributed by atoms with Crippen LogP contribution in [0, 0.1) is 0 Å². The van der Waals surface area contributed by atoms with E-state index in [0.29, 0.717) is 0 Å². The normalized spacial score (nSPS) is 7.25. The topological polar surface area (TPSA) is 74.6 Å². The van der Waals surface area contributed by atoms with Crippen LogP contribution >= 0.6 is 13.5 Å². The maximum atomic E-state index is 8.74. The fourth-order valence-corrected chi connectivity index (χ4v) is 0. The Morgan fingerprint density at radius 2 is 1.25 bits per heavy atom. The van der Waals surface area contributed by atoms with Gasteiger partial charge in [-0.05, 0) is 0 Å². The van der Waals surface area contributed by atoms with E-state index < -0.39 is 10.4 Å². The summed E-state index contributed by atoms with van der Waals surface area (Å²) < 4.78 is 31.6. The molecule has 0 bridgehead atoms. The van der Waals surface area contributed by atoms with Crippen molar-refractivity contribution in [3.8, 4) is 0 Å². The average Bonchev–Trinajstić information content (AvgIpc) is 0.722. The van der Waals surface area contributed by atoms with Gasteiger partial charge < -0.3 is 2.85 Å². The van der Waals surface area contributed by atoms with Gasteiger partial charge in [-0.25, -0.2) is 0 Å². The van der Waals surface area contributed by atoms with E-state index in [4.69, 9.17) is 17.5 Å². The van der Waals surface area contributed by atoms with Crippen molar-refractivity contribution >= 4 is 23.9 Å². The molecule has 4 nitrogen and oxygen atoms in total. The minimum atomic E-state index is -4.67. The molecule has 0 aliphatic heterocycles. The molecule has 0 aromatic rings. The monoisotopic (exact) mass is 196 g/mol. The molecule has 0 aromatic carbocycles. The van der Waals surface area contributed by atoms with Gasteiger partial charge in [0, 0.05) is 0 Å².